The smallest absolute Gasteiger partial charge is 0.278 e. The van der Waals surface area contributed by atoms with Gasteiger partial charge in [0.1, 0.15) is 5.76 Å². The Labute approximate surface area is 102 Å². The van der Waals surface area contributed by atoms with E-state index in [0.29, 0.717) is 16.7 Å². The summed E-state index contributed by atoms with van der Waals surface area (Å²) in [6, 6.07) is 10.1. The molecule has 2 heterocycles. The molecule has 88 valence electrons. The summed E-state index contributed by atoms with van der Waals surface area (Å²) in [5, 5.41) is 11.5. The van der Waals surface area contributed by atoms with Crippen molar-refractivity contribution in [3.8, 4) is 11.3 Å². The van der Waals surface area contributed by atoms with Crippen molar-refractivity contribution in [1.82, 2.24) is 4.98 Å². The lowest BCUT2D eigenvalue weighted by atomic mass is 10.1. The first kappa shape index (κ1) is 10.5. The van der Waals surface area contributed by atoms with Gasteiger partial charge in [-0.25, -0.2) is 0 Å². The molecule has 5 nitrogen and oxygen atoms in total. The van der Waals surface area contributed by atoms with Crippen LogP contribution in [0.3, 0.4) is 0 Å². The van der Waals surface area contributed by atoms with E-state index in [2.05, 4.69) is 4.98 Å². The van der Waals surface area contributed by atoms with Gasteiger partial charge in [0.2, 0.25) is 0 Å². The van der Waals surface area contributed by atoms with Gasteiger partial charge in [-0.3, -0.25) is 15.1 Å². The van der Waals surface area contributed by atoms with Crippen LogP contribution in [-0.2, 0) is 0 Å². The number of rotatable bonds is 2. The zero-order valence-corrected chi connectivity index (χ0v) is 9.24. The fourth-order valence-corrected chi connectivity index (χ4v) is 1.95. The number of hydrogen-bond acceptors (Lipinski definition) is 4. The maximum absolute atomic E-state index is 11.0. The molecule has 0 fully saturated rings. The highest BCUT2D eigenvalue weighted by molar-refractivity contribution is 5.97. The number of hydrogen-bond donors (Lipinski definition) is 0. The minimum Gasteiger partial charge on any atom is -0.464 e. The summed E-state index contributed by atoms with van der Waals surface area (Å²) in [6.07, 6.45) is 3.17. The zero-order valence-electron chi connectivity index (χ0n) is 9.24. The molecule has 0 bridgehead atoms. The second-order valence-corrected chi connectivity index (χ2v) is 3.77. The minimum absolute atomic E-state index is 0.0495. The Hall–Kier alpha value is -2.69. The van der Waals surface area contributed by atoms with Crippen LogP contribution in [0.25, 0.3) is 22.2 Å². The Morgan fingerprint density at radius 1 is 1.17 bits per heavy atom. The summed E-state index contributed by atoms with van der Waals surface area (Å²) in [4.78, 5) is 14.8. The summed E-state index contributed by atoms with van der Waals surface area (Å²) in [6.45, 7) is 0. The van der Waals surface area contributed by atoms with Gasteiger partial charge in [-0.1, -0.05) is 0 Å². The van der Waals surface area contributed by atoms with Crippen LogP contribution in [-0.4, -0.2) is 9.91 Å². The van der Waals surface area contributed by atoms with Crippen molar-refractivity contribution in [2.24, 2.45) is 0 Å². The highest BCUT2D eigenvalue weighted by atomic mass is 16.6. The number of nitro groups is 1. The van der Waals surface area contributed by atoms with E-state index in [1.54, 1.807) is 42.8 Å². The monoisotopic (exact) mass is 240 g/mol. The topological polar surface area (TPSA) is 69.2 Å². The van der Waals surface area contributed by atoms with E-state index in [1.807, 2.05) is 0 Å². The van der Waals surface area contributed by atoms with Crippen LogP contribution < -0.4 is 0 Å². The van der Waals surface area contributed by atoms with Crippen LogP contribution in [0, 0.1) is 10.1 Å². The first-order valence-electron chi connectivity index (χ1n) is 5.33. The number of nitro benzene ring substituents is 1. The highest BCUT2D eigenvalue weighted by Crippen LogP contribution is 2.32. The summed E-state index contributed by atoms with van der Waals surface area (Å²) in [5.41, 5.74) is 1.37. The lowest BCUT2D eigenvalue weighted by Crippen LogP contribution is -1.92. The first-order valence-corrected chi connectivity index (χ1v) is 5.33. The van der Waals surface area contributed by atoms with Crippen LogP contribution in [0.4, 0.5) is 5.69 Å². The Kier molecular flexibility index (Phi) is 2.30. The van der Waals surface area contributed by atoms with E-state index < -0.39 is 4.92 Å². The van der Waals surface area contributed by atoms with Gasteiger partial charge in [-0.2, -0.15) is 0 Å². The minimum atomic E-state index is -0.407. The van der Waals surface area contributed by atoms with Crippen LogP contribution in [0.2, 0.25) is 0 Å². The van der Waals surface area contributed by atoms with Crippen molar-refractivity contribution in [3.05, 3.63) is 59.0 Å². The molecule has 2 aromatic heterocycles. The van der Waals surface area contributed by atoms with Crippen molar-refractivity contribution in [1.29, 1.82) is 0 Å². The molecule has 0 aliphatic rings. The van der Waals surface area contributed by atoms with Crippen LogP contribution >= 0.6 is 0 Å². The summed E-state index contributed by atoms with van der Waals surface area (Å²) >= 11 is 0. The number of non-ortho nitro benzene ring substituents is 1. The molecule has 0 radical (unpaired) electrons. The van der Waals surface area contributed by atoms with E-state index in [0.717, 1.165) is 5.56 Å². The van der Waals surface area contributed by atoms with Crippen molar-refractivity contribution in [2.45, 2.75) is 0 Å². The Morgan fingerprint density at radius 2 is 2.06 bits per heavy atom. The number of benzene rings is 1. The van der Waals surface area contributed by atoms with Crippen LogP contribution in [0.5, 0.6) is 0 Å². The molecule has 0 atom stereocenters. The van der Waals surface area contributed by atoms with E-state index >= 15 is 0 Å². The van der Waals surface area contributed by atoms with Gasteiger partial charge in [0.15, 0.2) is 0 Å². The number of aromatic nitrogens is 1. The van der Waals surface area contributed by atoms with Crippen molar-refractivity contribution < 1.29 is 9.34 Å². The zero-order chi connectivity index (χ0) is 12.5. The molecule has 1 aromatic carbocycles. The number of furan rings is 1. The third-order valence-corrected chi connectivity index (χ3v) is 2.73. The molecular weight excluding hydrogens is 232 g/mol. The predicted octanol–water partition coefficient (Wildman–Crippen LogP) is 3.40. The molecule has 5 heteroatoms. The molecule has 0 aliphatic heterocycles. The largest absolute Gasteiger partial charge is 0.464 e. The molecule has 0 unspecified atom stereocenters. The Bertz CT molecular complexity index is 720. The maximum Gasteiger partial charge on any atom is 0.278 e. The molecule has 0 saturated heterocycles. The second-order valence-electron chi connectivity index (χ2n) is 3.77. The van der Waals surface area contributed by atoms with Crippen LogP contribution in [0.15, 0.2) is 53.3 Å². The van der Waals surface area contributed by atoms with Crippen molar-refractivity contribution >= 4 is 16.6 Å². The van der Waals surface area contributed by atoms with Gasteiger partial charge in [-0.05, 0) is 30.3 Å². The molecule has 3 aromatic rings. The van der Waals surface area contributed by atoms with Crippen molar-refractivity contribution in [3.63, 3.8) is 0 Å². The van der Waals surface area contributed by atoms with Gasteiger partial charge >= 0.3 is 0 Å². The number of pyridine rings is 1. The fourth-order valence-electron chi connectivity index (χ4n) is 1.95. The maximum atomic E-state index is 11.0. The average molecular weight is 240 g/mol. The lowest BCUT2D eigenvalue weighted by molar-refractivity contribution is -0.383. The van der Waals surface area contributed by atoms with E-state index in [4.69, 9.17) is 4.42 Å². The van der Waals surface area contributed by atoms with Gasteiger partial charge in [0, 0.05) is 17.8 Å². The fraction of sp³-hybridized carbons (Fsp3) is 0. The molecular formula is C13H8N2O3. The third kappa shape index (κ3) is 1.53. The average Bonchev–Trinajstić information content (AvgIpc) is 2.91. The number of nitrogens with zero attached hydrogens (tertiary/aromatic N) is 2. The van der Waals surface area contributed by atoms with Gasteiger partial charge in [0.25, 0.3) is 5.69 Å². The van der Waals surface area contributed by atoms with Crippen LogP contribution in [0.1, 0.15) is 0 Å². The standard InChI is InChI=1S/C13H8N2O3/c16-15(17)11-6-5-10(12-4-2-8-18-12)13-9(11)3-1-7-14-13/h1-8H. The molecule has 0 N–H and O–H groups in total. The lowest BCUT2D eigenvalue weighted by Gasteiger charge is -2.03. The highest BCUT2D eigenvalue weighted by Gasteiger charge is 2.16. The molecule has 0 spiro atoms. The predicted molar refractivity (Wildman–Crippen MR) is 66.1 cm³/mol. The Morgan fingerprint density at radius 3 is 2.78 bits per heavy atom. The Balaban J connectivity index is 2.37. The SMILES string of the molecule is O=[N+]([O-])c1ccc(-c2ccco2)c2ncccc12. The van der Waals surface area contributed by atoms with E-state index in [-0.39, 0.29) is 5.69 Å². The van der Waals surface area contributed by atoms with E-state index in [1.165, 1.54) is 6.07 Å². The summed E-state index contributed by atoms with van der Waals surface area (Å²) < 4.78 is 5.32. The quantitative estimate of drug-likeness (QED) is 0.508. The molecule has 0 saturated carbocycles. The molecule has 18 heavy (non-hydrogen) atoms. The number of fused-ring (bicyclic) bond motifs is 1. The second kappa shape index (κ2) is 3.96. The van der Waals surface area contributed by atoms with Gasteiger partial charge in [-0.15, -0.1) is 0 Å². The van der Waals surface area contributed by atoms with Gasteiger partial charge < -0.3 is 4.42 Å². The molecule has 3 rings (SSSR count). The summed E-state index contributed by atoms with van der Waals surface area (Å²) in [5.74, 6) is 0.647. The summed E-state index contributed by atoms with van der Waals surface area (Å²) in [7, 11) is 0. The van der Waals surface area contributed by atoms with Crippen molar-refractivity contribution in [2.75, 3.05) is 0 Å². The van der Waals surface area contributed by atoms with E-state index in [9.17, 15) is 10.1 Å². The third-order valence-electron chi connectivity index (χ3n) is 2.73. The normalized spacial score (nSPS) is 10.7. The molecule has 0 amide bonds. The molecule has 0 aliphatic carbocycles. The first-order chi connectivity index (χ1) is 8.77. The van der Waals surface area contributed by atoms with Gasteiger partial charge in [0.05, 0.1) is 22.1 Å².